The zero-order chi connectivity index (χ0) is 27.3. The van der Waals surface area contributed by atoms with E-state index in [9.17, 15) is 18.0 Å². The molecule has 9 nitrogen and oxygen atoms in total. The molecule has 0 spiro atoms. The minimum absolute atomic E-state index is 0.314. The zero-order valence-electron chi connectivity index (χ0n) is 20.1. The van der Waals surface area contributed by atoms with Crippen molar-refractivity contribution in [3.8, 4) is 21.8 Å². The van der Waals surface area contributed by atoms with E-state index in [4.69, 9.17) is 29.5 Å². The van der Waals surface area contributed by atoms with Gasteiger partial charge in [0, 0.05) is 29.9 Å². The van der Waals surface area contributed by atoms with Crippen LogP contribution in [0, 0.1) is 0 Å². The van der Waals surface area contributed by atoms with Crippen molar-refractivity contribution >= 4 is 33.9 Å². The average molecular weight is 549 g/mol. The largest absolute Gasteiger partial charge is 0.490 e. The Morgan fingerprint density at radius 3 is 2.21 bits per heavy atom. The molecule has 3 heterocycles. The topological polar surface area (TPSA) is 106 Å². The lowest BCUT2D eigenvalue weighted by molar-refractivity contribution is -0.192. The number of alkyl halides is 3. The van der Waals surface area contributed by atoms with E-state index in [1.165, 1.54) is 5.69 Å². The Bertz CT molecular complexity index is 1360. The molecule has 5 rings (SSSR count). The molecule has 1 aliphatic heterocycles. The second-order valence-electron chi connectivity index (χ2n) is 8.01. The second kappa shape index (κ2) is 11.6. The summed E-state index contributed by atoms with van der Waals surface area (Å²) in [6.07, 6.45) is -3.17. The zero-order valence-corrected chi connectivity index (χ0v) is 21.0. The maximum absolute atomic E-state index is 11.8. The summed E-state index contributed by atoms with van der Waals surface area (Å²) in [5, 5.41) is 12.8. The van der Waals surface area contributed by atoms with Crippen molar-refractivity contribution < 1.29 is 37.3 Å². The summed E-state index contributed by atoms with van der Waals surface area (Å²) in [6.45, 7) is 5.56. The van der Waals surface area contributed by atoms with Crippen molar-refractivity contribution in [3.05, 3.63) is 60.3 Å². The number of anilines is 1. The molecule has 1 aliphatic rings. The molecule has 0 aliphatic carbocycles. The lowest BCUT2D eigenvalue weighted by Gasteiger charge is -2.28. The number of aromatic nitrogens is 3. The molecule has 13 heteroatoms. The van der Waals surface area contributed by atoms with Gasteiger partial charge in [-0.3, -0.25) is 0 Å². The van der Waals surface area contributed by atoms with Crippen LogP contribution in [0.1, 0.15) is 17.3 Å². The second-order valence-corrected chi connectivity index (χ2v) is 8.96. The number of carboxylic acids is 1. The predicted octanol–water partition coefficient (Wildman–Crippen LogP) is 4.77. The lowest BCUT2D eigenvalue weighted by atomic mass is 10.1. The third kappa shape index (κ3) is 6.47. The monoisotopic (exact) mass is 548 g/mol. The highest BCUT2D eigenvalue weighted by atomic mass is 32.1. The van der Waals surface area contributed by atoms with Crippen LogP contribution in [0.2, 0.25) is 0 Å². The summed E-state index contributed by atoms with van der Waals surface area (Å²) < 4.78 is 44.0. The number of esters is 1. The minimum atomic E-state index is -5.08. The van der Waals surface area contributed by atoms with Crippen molar-refractivity contribution in [2.75, 3.05) is 37.8 Å². The van der Waals surface area contributed by atoms with Crippen LogP contribution in [-0.4, -0.2) is 70.7 Å². The number of benzene rings is 2. The minimum Gasteiger partial charge on any atom is -0.475 e. The molecule has 0 saturated carbocycles. The van der Waals surface area contributed by atoms with E-state index in [1.807, 2.05) is 22.8 Å². The number of carboxylic acid groups (broad SMARTS) is 1. The van der Waals surface area contributed by atoms with Gasteiger partial charge in [-0.05, 0) is 43.3 Å². The molecule has 0 atom stereocenters. The van der Waals surface area contributed by atoms with Gasteiger partial charge in [0.1, 0.15) is 5.01 Å². The van der Waals surface area contributed by atoms with Gasteiger partial charge in [0.15, 0.2) is 0 Å². The number of ether oxygens (including phenoxy) is 2. The van der Waals surface area contributed by atoms with Crippen molar-refractivity contribution in [3.63, 3.8) is 0 Å². The first-order chi connectivity index (χ1) is 18.2. The molecule has 1 saturated heterocycles. The van der Waals surface area contributed by atoms with Gasteiger partial charge in [0.2, 0.25) is 4.96 Å². The van der Waals surface area contributed by atoms with Crippen LogP contribution in [-0.2, 0) is 14.3 Å². The number of halogens is 3. The first-order valence-electron chi connectivity index (χ1n) is 11.5. The molecule has 0 amide bonds. The van der Waals surface area contributed by atoms with Crippen LogP contribution < -0.4 is 4.90 Å². The predicted molar refractivity (Wildman–Crippen MR) is 134 cm³/mol. The Kier molecular flexibility index (Phi) is 8.27. The maximum atomic E-state index is 11.8. The first kappa shape index (κ1) is 27.1. The molecular weight excluding hydrogens is 525 g/mol. The summed E-state index contributed by atoms with van der Waals surface area (Å²) >= 11 is 1.55. The smallest absolute Gasteiger partial charge is 0.475 e. The number of hydrogen-bond acceptors (Lipinski definition) is 8. The Hall–Kier alpha value is -3.97. The van der Waals surface area contributed by atoms with E-state index in [-0.39, 0.29) is 5.97 Å². The molecule has 0 unspecified atom stereocenters. The number of aliphatic carboxylic acids is 1. The number of carbonyl (C=O) groups is 2. The molecule has 0 radical (unpaired) electrons. The lowest BCUT2D eigenvalue weighted by Crippen LogP contribution is -2.36. The third-order valence-corrected chi connectivity index (χ3v) is 6.44. The van der Waals surface area contributed by atoms with Gasteiger partial charge in [-0.25, -0.2) is 19.1 Å². The SMILES string of the molecule is CCOC(=O)c1ccc(-c2cn3nc(-c4ccc(N5CCOCC5)cc4)sc3n2)cc1.O=C(O)C(F)(F)F. The summed E-state index contributed by atoms with van der Waals surface area (Å²) in [5.41, 5.74) is 4.58. The number of carbonyl (C=O) groups excluding carboxylic acids is 1. The van der Waals surface area contributed by atoms with Crippen molar-refractivity contribution in [1.82, 2.24) is 14.6 Å². The summed E-state index contributed by atoms with van der Waals surface area (Å²) in [5.74, 6) is -3.07. The van der Waals surface area contributed by atoms with E-state index in [1.54, 1.807) is 30.4 Å². The summed E-state index contributed by atoms with van der Waals surface area (Å²) in [4.78, 5) is 28.6. The standard InChI is InChI=1S/C23H22N4O3S.C2HF3O2/c1-2-30-22(28)18-5-3-16(4-6-18)20-15-27-23(24-20)31-21(25-27)17-7-9-19(10-8-17)26-11-13-29-14-12-26;3-2(4,5)1(6)7/h3-10,15H,2,11-14H2,1H3;(H,6,7). The quantitative estimate of drug-likeness (QED) is 0.356. The van der Waals surface area contributed by atoms with Gasteiger partial charge >= 0.3 is 18.1 Å². The van der Waals surface area contributed by atoms with Crippen molar-refractivity contribution in [2.24, 2.45) is 0 Å². The van der Waals surface area contributed by atoms with Crippen LogP contribution in [0.15, 0.2) is 54.7 Å². The van der Waals surface area contributed by atoms with Crippen molar-refractivity contribution in [2.45, 2.75) is 13.1 Å². The number of hydrogen-bond donors (Lipinski definition) is 1. The van der Waals surface area contributed by atoms with E-state index < -0.39 is 12.1 Å². The van der Waals surface area contributed by atoms with Crippen LogP contribution in [0.25, 0.3) is 26.8 Å². The van der Waals surface area contributed by atoms with E-state index in [2.05, 4.69) is 29.2 Å². The van der Waals surface area contributed by atoms with Gasteiger partial charge in [0.05, 0.1) is 37.3 Å². The highest BCUT2D eigenvalue weighted by Crippen LogP contribution is 2.30. The molecule has 2 aromatic carbocycles. The van der Waals surface area contributed by atoms with Crippen LogP contribution in [0.5, 0.6) is 0 Å². The molecule has 1 fully saturated rings. The molecule has 0 bridgehead atoms. The average Bonchev–Trinajstić information content (AvgIpc) is 3.49. The Morgan fingerprint density at radius 2 is 1.66 bits per heavy atom. The van der Waals surface area contributed by atoms with E-state index >= 15 is 0 Å². The molecule has 38 heavy (non-hydrogen) atoms. The number of morpholine rings is 1. The van der Waals surface area contributed by atoms with Crippen LogP contribution in [0.4, 0.5) is 18.9 Å². The fourth-order valence-corrected chi connectivity index (χ4v) is 4.47. The Balaban J connectivity index is 0.000000426. The van der Waals surface area contributed by atoms with Crippen LogP contribution in [0.3, 0.4) is 0 Å². The summed E-state index contributed by atoms with van der Waals surface area (Å²) in [6, 6.07) is 15.8. The van der Waals surface area contributed by atoms with Crippen molar-refractivity contribution in [1.29, 1.82) is 0 Å². The highest BCUT2D eigenvalue weighted by Gasteiger charge is 2.38. The highest BCUT2D eigenvalue weighted by molar-refractivity contribution is 7.19. The van der Waals surface area contributed by atoms with Gasteiger partial charge in [-0.1, -0.05) is 23.5 Å². The molecule has 1 N–H and O–H groups in total. The van der Waals surface area contributed by atoms with E-state index in [0.717, 1.165) is 53.1 Å². The molecule has 2 aromatic heterocycles. The van der Waals surface area contributed by atoms with Gasteiger partial charge in [0.25, 0.3) is 0 Å². The number of rotatable bonds is 5. The molecule has 4 aromatic rings. The fourth-order valence-electron chi connectivity index (χ4n) is 3.58. The summed E-state index contributed by atoms with van der Waals surface area (Å²) in [7, 11) is 0. The Morgan fingerprint density at radius 1 is 1.05 bits per heavy atom. The van der Waals surface area contributed by atoms with E-state index in [0.29, 0.717) is 12.2 Å². The molecular formula is C25H23F3N4O5S. The first-order valence-corrected chi connectivity index (χ1v) is 12.3. The van der Waals surface area contributed by atoms with Gasteiger partial charge < -0.3 is 19.5 Å². The molecule has 200 valence electrons. The fraction of sp³-hybridized carbons (Fsp3) is 0.280. The normalized spacial score (nSPS) is 13.6. The van der Waals surface area contributed by atoms with Gasteiger partial charge in [-0.15, -0.1) is 0 Å². The number of fused-ring (bicyclic) bond motifs is 1. The Labute approximate surface area is 219 Å². The van der Waals surface area contributed by atoms with Gasteiger partial charge in [-0.2, -0.15) is 18.3 Å². The van der Waals surface area contributed by atoms with Crippen LogP contribution >= 0.6 is 11.3 Å². The third-order valence-electron chi connectivity index (χ3n) is 5.47. The number of imidazole rings is 1. The maximum Gasteiger partial charge on any atom is 0.490 e. The number of nitrogens with zero attached hydrogens (tertiary/aromatic N) is 4.